The maximum Gasteiger partial charge on any atom is 0.319 e. The monoisotopic (exact) mass is 512 g/mol. The Morgan fingerprint density at radius 3 is 2.44 bits per heavy atom. The number of carbonyl (C=O) groups is 2. The molecule has 3 aromatic rings. The summed E-state index contributed by atoms with van der Waals surface area (Å²) >= 11 is 1.27. The minimum atomic E-state index is -0.451. The molecule has 8 nitrogen and oxygen atoms in total. The van der Waals surface area contributed by atoms with Gasteiger partial charge in [0.05, 0.1) is 18.3 Å². The molecule has 0 bridgehead atoms. The van der Waals surface area contributed by atoms with Crippen molar-refractivity contribution in [2.45, 2.75) is 51.3 Å². The number of nitrogens with one attached hydrogen (secondary N) is 3. The molecule has 36 heavy (non-hydrogen) atoms. The molecular weight excluding hydrogens is 483 g/mol. The largest absolute Gasteiger partial charge is 0.492 e. The summed E-state index contributed by atoms with van der Waals surface area (Å²) in [5.41, 5.74) is 0.854. The van der Waals surface area contributed by atoms with Gasteiger partial charge in [0.2, 0.25) is 0 Å². The average molecular weight is 513 g/mol. The number of ether oxygens (including phenoxy) is 2. The Morgan fingerprint density at radius 2 is 1.69 bits per heavy atom. The first-order chi connectivity index (χ1) is 17.5. The zero-order valence-electron chi connectivity index (χ0n) is 20.0. The number of aromatic nitrogens is 1. The van der Waals surface area contributed by atoms with Gasteiger partial charge >= 0.3 is 6.03 Å². The fraction of sp³-hybridized carbons (Fsp3) is 0.346. The molecule has 0 unspecified atom stereocenters. The summed E-state index contributed by atoms with van der Waals surface area (Å²) in [6, 6.07) is 12.6. The second kappa shape index (κ2) is 12.3. The SMILES string of the molecule is CCOc1ccccc1NC(=O)N[C@@H]1CCCC[C@H]1NC(=O)c1csc(COc2ccccc2F)n1. The number of amides is 3. The first-order valence-electron chi connectivity index (χ1n) is 12.0. The molecule has 2 aromatic carbocycles. The number of halogens is 1. The van der Waals surface area contributed by atoms with Crippen LogP contribution in [-0.2, 0) is 6.61 Å². The van der Waals surface area contributed by atoms with Crippen molar-refractivity contribution in [3.8, 4) is 11.5 Å². The lowest BCUT2D eigenvalue weighted by Crippen LogP contribution is -2.54. The van der Waals surface area contributed by atoms with Crippen molar-refractivity contribution in [3.05, 3.63) is 70.4 Å². The van der Waals surface area contributed by atoms with Crippen LogP contribution in [-0.4, -0.2) is 35.6 Å². The molecule has 4 rings (SSSR count). The first-order valence-corrected chi connectivity index (χ1v) is 12.8. The highest BCUT2D eigenvalue weighted by atomic mass is 32.1. The van der Waals surface area contributed by atoms with Crippen molar-refractivity contribution in [1.29, 1.82) is 0 Å². The molecule has 0 saturated heterocycles. The molecule has 1 aromatic heterocycles. The lowest BCUT2D eigenvalue weighted by molar-refractivity contribution is 0.0911. The fourth-order valence-electron chi connectivity index (χ4n) is 4.08. The predicted octanol–water partition coefficient (Wildman–Crippen LogP) is 5.12. The Kier molecular flexibility index (Phi) is 8.72. The van der Waals surface area contributed by atoms with E-state index in [4.69, 9.17) is 9.47 Å². The summed E-state index contributed by atoms with van der Waals surface area (Å²) in [4.78, 5) is 29.9. The third-order valence-corrected chi connectivity index (χ3v) is 6.63. The predicted molar refractivity (Wildman–Crippen MR) is 136 cm³/mol. The molecule has 3 amide bonds. The summed E-state index contributed by atoms with van der Waals surface area (Å²) < 4.78 is 24.8. The van der Waals surface area contributed by atoms with Crippen molar-refractivity contribution < 1.29 is 23.5 Å². The number of hydrogen-bond acceptors (Lipinski definition) is 6. The van der Waals surface area contributed by atoms with E-state index in [9.17, 15) is 14.0 Å². The third kappa shape index (κ3) is 6.72. The highest BCUT2D eigenvalue weighted by Crippen LogP contribution is 2.25. The highest BCUT2D eigenvalue weighted by molar-refractivity contribution is 7.09. The lowest BCUT2D eigenvalue weighted by Gasteiger charge is -2.32. The van der Waals surface area contributed by atoms with E-state index in [1.807, 2.05) is 19.1 Å². The van der Waals surface area contributed by atoms with Crippen LogP contribution in [0.4, 0.5) is 14.9 Å². The number of thiazole rings is 1. The molecule has 1 aliphatic rings. The maximum atomic E-state index is 13.7. The summed E-state index contributed by atoms with van der Waals surface area (Å²) in [6.07, 6.45) is 3.42. The lowest BCUT2D eigenvalue weighted by atomic mass is 9.90. The fourth-order valence-corrected chi connectivity index (χ4v) is 4.76. The second-order valence-corrected chi connectivity index (χ2v) is 9.29. The number of benzene rings is 2. The van der Waals surface area contributed by atoms with Crippen LogP contribution < -0.4 is 25.4 Å². The van der Waals surface area contributed by atoms with Crippen LogP contribution in [0.2, 0.25) is 0 Å². The van der Waals surface area contributed by atoms with E-state index in [0.717, 1.165) is 25.7 Å². The van der Waals surface area contributed by atoms with Crippen molar-refractivity contribution in [2.24, 2.45) is 0 Å². The number of rotatable bonds is 9. The molecule has 3 N–H and O–H groups in total. The number of para-hydroxylation sites is 3. The summed E-state index contributed by atoms with van der Waals surface area (Å²) in [7, 11) is 0. The standard InChI is InChI=1S/C26H29FN4O4S/c1-2-34-23-14-8-6-12-20(23)31-26(33)30-19-11-5-4-10-18(19)29-25(32)21-16-36-24(28-21)15-35-22-13-7-3-9-17(22)27/h3,6-9,12-14,16,18-19H,2,4-5,10-11,15H2,1H3,(H,29,32)(H2,30,31,33)/t18-,19-/m1/s1. The molecule has 190 valence electrons. The summed E-state index contributed by atoms with van der Waals surface area (Å²) in [5, 5.41) is 11.1. The molecule has 0 spiro atoms. The van der Waals surface area contributed by atoms with E-state index in [1.54, 1.807) is 35.7 Å². The van der Waals surface area contributed by atoms with Crippen LogP contribution in [0.1, 0.15) is 48.1 Å². The molecule has 1 saturated carbocycles. The van der Waals surface area contributed by atoms with Gasteiger partial charge in [-0.2, -0.15) is 0 Å². The molecule has 0 radical (unpaired) electrons. The molecule has 10 heteroatoms. The number of urea groups is 1. The smallest absolute Gasteiger partial charge is 0.319 e. The highest BCUT2D eigenvalue weighted by Gasteiger charge is 2.29. The Morgan fingerprint density at radius 1 is 1.00 bits per heavy atom. The van der Waals surface area contributed by atoms with Gasteiger partial charge in [-0.05, 0) is 44.0 Å². The molecule has 1 fully saturated rings. The van der Waals surface area contributed by atoms with Crippen LogP contribution >= 0.6 is 11.3 Å². The van der Waals surface area contributed by atoms with Crippen LogP contribution in [0.5, 0.6) is 11.5 Å². The number of hydrogen-bond donors (Lipinski definition) is 3. The third-order valence-electron chi connectivity index (χ3n) is 5.81. The Labute approximate surface area is 213 Å². The first kappa shape index (κ1) is 25.4. The van der Waals surface area contributed by atoms with E-state index in [1.165, 1.54) is 17.4 Å². The Balaban J connectivity index is 1.32. The zero-order valence-corrected chi connectivity index (χ0v) is 20.8. The van der Waals surface area contributed by atoms with E-state index >= 15 is 0 Å². The van der Waals surface area contributed by atoms with Crippen LogP contribution in [0.15, 0.2) is 53.9 Å². The van der Waals surface area contributed by atoms with E-state index < -0.39 is 5.82 Å². The molecule has 0 aliphatic heterocycles. The van der Waals surface area contributed by atoms with Gasteiger partial charge in [0.15, 0.2) is 11.6 Å². The Bertz CT molecular complexity index is 1190. The van der Waals surface area contributed by atoms with Gasteiger partial charge in [0.1, 0.15) is 23.1 Å². The van der Waals surface area contributed by atoms with Crippen LogP contribution in [0.3, 0.4) is 0 Å². The second-order valence-electron chi connectivity index (χ2n) is 8.34. The summed E-state index contributed by atoms with van der Waals surface area (Å²) in [5.74, 6) is -0.0311. The molecular formula is C26H29FN4O4S. The van der Waals surface area contributed by atoms with Crippen LogP contribution in [0, 0.1) is 5.82 Å². The number of anilines is 1. The van der Waals surface area contributed by atoms with Gasteiger partial charge in [-0.1, -0.05) is 37.1 Å². The number of carbonyl (C=O) groups excluding carboxylic acids is 2. The van der Waals surface area contributed by atoms with Gasteiger partial charge in [-0.15, -0.1) is 11.3 Å². The Hall–Kier alpha value is -3.66. The number of nitrogens with zero attached hydrogens (tertiary/aromatic N) is 1. The maximum absolute atomic E-state index is 13.7. The van der Waals surface area contributed by atoms with Gasteiger partial charge in [-0.3, -0.25) is 4.79 Å². The average Bonchev–Trinajstić information content (AvgIpc) is 3.35. The van der Waals surface area contributed by atoms with Crippen molar-refractivity contribution in [1.82, 2.24) is 15.6 Å². The normalized spacial score (nSPS) is 17.2. The van der Waals surface area contributed by atoms with Crippen molar-refractivity contribution in [3.63, 3.8) is 0 Å². The topological polar surface area (TPSA) is 102 Å². The van der Waals surface area contributed by atoms with Crippen molar-refractivity contribution >= 4 is 29.0 Å². The van der Waals surface area contributed by atoms with Gasteiger partial charge < -0.3 is 25.4 Å². The molecule has 2 atom stereocenters. The molecule has 1 aliphatic carbocycles. The van der Waals surface area contributed by atoms with E-state index in [-0.39, 0.29) is 42.1 Å². The van der Waals surface area contributed by atoms with E-state index in [2.05, 4.69) is 20.9 Å². The quantitative estimate of drug-likeness (QED) is 0.369. The zero-order chi connectivity index (χ0) is 25.3. The minimum absolute atomic E-state index is 0.0654. The minimum Gasteiger partial charge on any atom is -0.492 e. The van der Waals surface area contributed by atoms with Gasteiger partial charge in [0, 0.05) is 11.4 Å². The van der Waals surface area contributed by atoms with E-state index in [0.29, 0.717) is 23.1 Å². The van der Waals surface area contributed by atoms with Gasteiger partial charge in [-0.25, -0.2) is 14.2 Å². The summed E-state index contributed by atoms with van der Waals surface area (Å²) in [6.45, 7) is 2.44. The van der Waals surface area contributed by atoms with Crippen LogP contribution in [0.25, 0.3) is 0 Å². The van der Waals surface area contributed by atoms with Crippen molar-refractivity contribution in [2.75, 3.05) is 11.9 Å². The van der Waals surface area contributed by atoms with Gasteiger partial charge in [0.25, 0.3) is 5.91 Å². The molecule has 1 heterocycles.